The molecule has 15 atom stereocenters. The molecule has 6 fully saturated rings. The van der Waals surface area contributed by atoms with Gasteiger partial charge in [-0.3, -0.25) is 4.79 Å². The van der Waals surface area contributed by atoms with Crippen molar-refractivity contribution < 1.29 is 53.3 Å². The lowest BCUT2D eigenvalue weighted by molar-refractivity contribution is -0.321. The molecule has 0 aromatic heterocycles. The van der Waals surface area contributed by atoms with Crippen molar-refractivity contribution in [3.05, 3.63) is 35.9 Å². The highest BCUT2D eigenvalue weighted by molar-refractivity contribution is 5.89. The molecule has 6 aliphatic rings. The van der Waals surface area contributed by atoms with Crippen molar-refractivity contribution in [2.45, 2.75) is 86.5 Å². The lowest BCUT2D eigenvalue weighted by Gasteiger charge is -2.70. The van der Waals surface area contributed by atoms with Gasteiger partial charge in [-0.25, -0.2) is 4.79 Å². The standard InChI is InChI=1S/C35H49NO11/c1-7-11-22(38)47-35-23-19(15-33(41,30(45-6)28(35)39)29(23)46-31(40)18-12-9-8-10-13-18)34-21(43-4)14-20(37)32(17-42-3)16-36(2)27(34)24(35)25(44-5)26(32)34/h8-10,12-13,19-21,23-30,37,39,41H,7,11,14-17H2,1-6H3/t19-,20-,21+,23-,24+,25+,26-,27?,28+,29-,30+,32+,33-,34+,35-/m1/s1. The number of nitrogens with zero attached hydrogens (tertiary/aromatic N) is 1. The third-order valence-electron chi connectivity index (χ3n) is 13.3. The molecule has 5 aliphatic carbocycles. The van der Waals surface area contributed by atoms with E-state index in [4.69, 9.17) is 28.4 Å². The molecule has 1 unspecified atom stereocenters. The third-order valence-corrected chi connectivity index (χ3v) is 13.3. The molecule has 260 valence electrons. The largest absolute Gasteiger partial charge is 0.455 e. The second-order valence-electron chi connectivity index (χ2n) is 14.9. The van der Waals surface area contributed by atoms with Gasteiger partial charge in [-0.2, -0.15) is 0 Å². The molecule has 1 spiro atoms. The molecule has 0 radical (unpaired) electrons. The number of benzene rings is 1. The van der Waals surface area contributed by atoms with Crippen LogP contribution in [0, 0.1) is 34.5 Å². The topological polar surface area (TPSA) is 153 Å². The maximum atomic E-state index is 13.8. The van der Waals surface area contributed by atoms with Crippen LogP contribution < -0.4 is 0 Å². The van der Waals surface area contributed by atoms with Gasteiger partial charge in [0.15, 0.2) is 5.60 Å². The van der Waals surface area contributed by atoms with Crippen molar-refractivity contribution in [1.82, 2.24) is 4.90 Å². The highest BCUT2D eigenvalue weighted by Gasteiger charge is 2.92. The van der Waals surface area contributed by atoms with Gasteiger partial charge in [0.2, 0.25) is 0 Å². The van der Waals surface area contributed by atoms with Gasteiger partial charge in [-0.15, -0.1) is 0 Å². The Hall–Kier alpha value is -2.16. The van der Waals surface area contributed by atoms with E-state index >= 15 is 0 Å². The molecule has 1 aliphatic heterocycles. The first kappa shape index (κ1) is 33.3. The highest BCUT2D eigenvalue weighted by atomic mass is 16.6. The van der Waals surface area contributed by atoms with Gasteiger partial charge in [0.25, 0.3) is 0 Å². The van der Waals surface area contributed by atoms with Crippen molar-refractivity contribution >= 4 is 11.9 Å². The van der Waals surface area contributed by atoms with E-state index in [1.54, 1.807) is 51.7 Å². The number of esters is 2. The van der Waals surface area contributed by atoms with Gasteiger partial charge in [0.1, 0.15) is 23.9 Å². The van der Waals surface area contributed by atoms with Crippen LogP contribution in [0.4, 0.5) is 0 Å². The summed E-state index contributed by atoms with van der Waals surface area (Å²) in [7, 11) is 8.26. The summed E-state index contributed by atoms with van der Waals surface area (Å²) in [5.74, 6) is -3.53. The lowest BCUT2D eigenvalue weighted by atomic mass is 9.42. The Kier molecular flexibility index (Phi) is 8.12. The Morgan fingerprint density at radius 3 is 2.34 bits per heavy atom. The first-order chi connectivity index (χ1) is 22.5. The van der Waals surface area contributed by atoms with Crippen molar-refractivity contribution in [2.24, 2.45) is 34.5 Å². The number of piperidine rings is 1. The van der Waals surface area contributed by atoms with E-state index in [1.807, 2.05) is 14.0 Å². The fraction of sp³-hybridized carbons (Fsp3) is 0.771. The molecule has 0 amide bonds. The van der Waals surface area contributed by atoms with Gasteiger partial charge in [0, 0.05) is 82.5 Å². The number of carbonyl (C=O) groups is 2. The minimum Gasteiger partial charge on any atom is -0.455 e. The molecule has 3 N–H and O–H groups in total. The normalized spacial score (nSPS) is 49.1. The second-order valence-corrected chi connectivity index (χ2v) is 14.9. The quantitative estimate of drug-likeness (QED) is 0.308. The first-order valence-corrected chi connectivity index (χ1v) is 16.8. The molecular weight excluding hydrogens is 610 g/mol. The van der Waals surface area contributed by atoms with Crippen LogP contribution in [0.3, 0.4) is 0 Å². The zero-order valence-corrected chi connectivity index (χ0v) is 28.0. The summed E-state index contributed by atoms with van der Waals surface area (Å²) in [5.41, 5.74) is -4.79. The summed E-state index contributed by atoms with van der Waals surface area (Å²) >= 11 is 0. The monoisotopic (exact) mass is 659 g/mol. The average molecular weight is 660 g/mol. The van der Waals surface area contributed by atoms with Crippen LogP contribution in [0.25, 0.3) is 0 Å². The van der Waals surface area contributed by atoms with Gasteiger partial charge in [-0.05, 0) is 37.9 Å². The van der Waals surface area contributed by atoms with Crippen LogP contribution in [0.1, 0.15) is 43.0 Å². The Morgan fingerprint density at radius 1 is 1.00 bits per heavy atom. The molecule has 1 heterocycles. The molecule has 1 saturated heterocycles. The zero-order valence-electron chi connectivity index (χ0n) is 28.0. The number of ether oxygens (including phenoxy) is 6. The molecular formula is C35H49NO11. The van der Waals surface area contributed by atoms with Gasteiger partial charge >= 0.3 is 11.9 Å². The van der Waals surface area contributed by atoms with Gasteiger partial charge in [-0.1, -0.05) is 25.1 Å². The predicted molar refractivity (Wildman–Crippen MR) is 165 cm³/mol. The summed E-state index contributed by atoms with van der Waals surface area (Å²) < 4.78 is 37.7. The molecule has 1 aromatic rings. The maximum absolute atomic E-state index is 13.8. The number of fused-ring (bicyclic) bond motifs is 2. The van der Waals surface area contributed by atoms with Crippen molar-refractivity contribution in [3.8, 4) is 0 Å². The number of methoxy groups -OCH3 is 4. The predicted octanol–water partition coefficient (Wildman–Crippen LogP) is 1.04. The fourth-order valence-electron chi connectivity index (χ4n) is 12.4. The van der Waals surface area contributed by atoms with Crippen LogP contribution in [0.2, 0.25) is 0 Å². The molecule has 5 saturated carbocycles. The van der Waals surface area contributed by atoms with Crippen LogP contribution in [0.15, 0.2) is 30.3 Å². The molecule has 12 heteroatoms. The van der Waals surface area contributed by atoms with Crippen LogP contribution in [-0.4, -0.2) is 135 Å². The SMILES string of the molecule is CCCC(=O)O[C@]12[C@H]3[C@@H](OC(=O)c4ccccc4)[C@](O)(C[C@H]3[C@@]34C5[C@@H]1[C@H](OC)[C@@H]3[C@](COC)(CN5C)[C@H](O)C[C@@H]4OC)[C@@H](OC)[C@@H]2O. The molecule has 7 rings (SSSR count). The number of hydrogen-bond acceptors (Lipinski definition) is 12. The summed E-state index contributed by atoms with van der Waals surface area (Å²) in [6, 6.07) is 8.19. The molecule has 12 nitrogen and oxygen atoms in total. The number of carbonyl (C=O) groups excluding carboxylic acids is 2. The smallest absolute Gasteiger partial charge is 0.338 e. The number of aliphatic hydroxyl groups excluding tert-OH is 2. The van der Waals surface area contributed by atoms with E-state index in [-0.39, 0.29) is 31.4 Å². The highest BCUT2D eigenvalue weighted by Crippen LogP contribution is 2.80. The van der Waals surface area contributed by atoms with E-state index in [2.05, 4.69) is 4.90 Å². The summed E-state index contributed by atoms with van der Waals surface area (Å²) in [6.07, 6.45) is -4.87. The molecule has 1 aromatic carbocycles. The van der Waals surface area contributed by atoms with Gasteiger partial charge in [0.05, 0.1) is 30.5 Å². The van der Waals surface area contributed by atoms with Crippen LogP contribution >= 0.6 is 0 Å². The Labute approximate surface area is 275 Å². The zero-order chi connectivity index (χ0) is 33.7. The Balaban J connectivity index is 1.52. The van der Waals surface area contributed by atoms with Crippen molar-refractivity contribution in [3.63, 3.8) is 0 Å². The van der Waals surface area contributed by atoms with Crippen LogP contribution in [-0.2, 0) is 33.2 Å². The summed E-state index contributed by atoms with van der Waals surface area (Å²) in [6.45, 7) is 2.59. The summed E-state index contributed by atoms with van der Waals surface area (Å²) in [4.78, 5) is 29.8. The number of likely N-dealkylation sites (tertiary alicyclic amines) is 1. The van der Waals surface area contributed by atoms with E-state index in [1.165, 1.54) is 7.11 Å². The number of aliphatic hydroxyl groups is 3. The third kappa shape index (κ3) is 3.92. The first-order valence-electron chi connectivity index (χ1n) is 16.8. The van der Waals surface area contributed by atoms with E-state index in [0.29, 0.717) is 24.9 Å². The maximum Gasteiger partial charge on any atom is 0.338 e. The van der Waals surface area contributed by atoms with E-state index < -0.39 is 88.3 Å². The summed E-state index contributed by atoms with van der Waals surface area (Å²) in [5, 5.41) is 37.4. The second kappa shape index (κ2) is 11.4. The number of rotatable bonds is 10. The Morgan fingerprint density at radius 2 is 1.72 bits per heavy atom. The van der Waals surface area contributed by atoms with Gasteiger partial charge < -0.3 is 48.6 Å². The van der Waals surface area contributed by atoms with Crippen molar-refractivity contribution in [1.29, 1.82) is 0 Å². The minimum atomic E-state index is -1.83. The number of hydrogen-bond donors (Lipinski definition) is 3. The fourth-order valence-corrected chi connectivity index (χ4v) is 12.4. The molecule has 7 bridgehead atoms. The van der Waals surface area contributed by atoms with Crippen LogP contribution in [0.5, 0.6) is 0 Å². The Bertz CT molecular complexity index is 1380. The minimum absolute atomic E-state index is 0.0794. The van der Waals surface area contributed by atoms with E-state index in [0.717, 1.165) is 0 Å². The molecule has 47 heavy (non-hydrogen) atoms. The lowest BCUT2D eigenvalue weighted by Crippen LogP contribution is -2.81. The van der Waals surface area contributed by atoms with E-state index in [9.17, 15) is 24.9 Å². The van der Waals surface area contributed by atoms with Crippen molar-refractivity contribution in [2.75, 3.05) is 48.6 Å². The average Bonchev–Trinajstić information content (AvgIpc) is 3.44.